The molecule has 12 heteroatoms. The number of nitrogens with zero attached hydrogens (tertiary/aromatic N) is 2. The minimum absolute atomic E-state index is 0.0101. The van der Waals surface area contributed by atoms with Gasteiger partial charge in [-0.15, -0.1) is 0 Å². The van der Waals surface area contributed by atoms with E-state index < -0.39 is 60.2 Å². The van der Waals surface area contributed by atoms with E-state index in [1.165, 1.54) is 9.80 Å². The smallest absolute Gasteiger partial charge is 0.326 e. The van der Waals surface area contributed by atoms with Gasteiger partial charge >= 0.3 is 11.9 Å². The van der Waals surface area contributed by atoms with Crippen molar-refractivity contribution in [2.45, 2.75) is 56.3 Å². The summed E-state index contributed by atoms with van der Waals surface area (Å²) in [6.07, 6.45) is 1.10. The molecule has 29 heavy (non-hydrogen) atoms. The highest BCUT2D eigenvalue weighted by Gasteiger charge is 2.43. The highest BCUT2D eigenvalue weighted by atomic mass is 32.1. The van der Waals surface area contributed by atoms with Crippen LogP contribution in [0, 0.1) is 0 Å². The fourth-order valence-electron chi connectivity index (χ4n) is 3.70. The SMILES string of the molecule is NC(CS)C(=O)NC(CC(=O)O)C(=O)N1CCCC1C(=O)N1CCCC1C(=O)O. The van der Waals surface area contributed by atoms with Crippen LogP contribution in [0.3, 0.4) is 0 Å². The Labute approximate surface area is 173 Å². The lowest BCUT2D eigenvalue weighted by Gasteiger charge is -2.32. The first-order valence-corrected chi connectivity index (χ1v) is 10.0. The molecular weight excluding hydrogens is 404 g/mol. The van der Waals surface area contributed by atoms with E-state index in [-0.39, 0.29) is 12.3 Å². The highest BCUT2D eigenvalue weighted by Crippen LogP contribution is 2.25. The van der Waals surface area contributed by atoms with E-state index in [0.717, 1.165) is 0 Å². The third-order valence-electron chi connectivity index (χ3n) is 5.17. The number of carbonyl (C=O) groups excluding carboxylic acids is 3. The molecule has 0 bridgehead atoms. The van der Waals surface area contributed by atoms with Crippen LogP contribution in [0.2, 0.25) is 0 Å². The van der Waals surface area contributed by atoms with E-state index in [9.17, 15) is 29.1 Å². The van der Waals surface area contributed by atoms with Gasteiger partial charge in [-0.3, -0.25) is 19.2 Å². The van der Waals surface area contributed by atoms with Crippen molar-refractivity contribution in [3.05, 3.63) is 0 Å². The van der Waals surface area contributed by atoms with Crippen molar-refractivity contribution in [2.24, 2.45) is 5.73 Å². The lowest BCUT2D eigenvalue weighted by Crippen LogP contribution is -2.57. The largest absolute Gasteiger partial charge is 0.481 e. The molecule has 5 N–H and O–H groups in total. The van der Waals surface area contributed by atoms with Gasteiger partial charge in [-0.2, -0.15) is 12.6 Å². The van der Waals surface area contributed by atoms with Crippen LogP contribution >= 0.6 is 12.6 Å². The number of carboxylic acid groups (broad SMARTS) is 2. The van der Waals surface area contributed by atoms with Crippen LogP contribution in [-0.4, -0.2) is 92.7 Å². The number of likely N-dealkylation sites (tertiary alicyclic amines) is 2. The lowest BCUT2D eigenvalue weighted by molar-refractivity contribution is -0.153. The third-order valence-corrected chi connectivity index (χ3v) is 5.56. The Morgan fingerprint density at radius 3 is 2.17 bits per heavy atom. The molecule has 0 spiro atoms. The van der Waals surface area contributed by atoms with E-state index in [1.807, 2.05) is 0 Å². The fraction of sp³-hybridized carbons (Fsp3) is 0.706. The van der Waals surface area contributed by atoms with Crippen LogP contribution in [0.15, 0.2) is 0 Å². The van der Waals surface area contributed by atoms with Crippen LogP contribution in [0.5, 0.6) is 0 Å². The predicted octanol–water partition coefficient (Wildman–Crippen LogP) is -1.73. The summed E-state index contributed by atoms with van der Waals surface area (Å²) in [5.41, 5.74) is 5.57. The van der Waals surface area contributed by atoms with Gasteiger partial charge in [0.1, 0.15) is 18.1 Å². The molecule has 3 amide bonds. The van der Waals surface area contributed by atoms with Crippen LogP contribution in [0.1, 0.15) is 32.1 Å². The van der Waals surface area contributed by atoms with Gasteiger partial charge < -0.3 is 31.1 Å². The summed E-state index contributed by atoms with van der Waals surface area (Å²) in [6, 6.07) is -4.20. The summed E-state index contributed by atoms with van der Waals surface area (Å²) >= 11 is 3.91. The molecule has 2 aliphatic rings. The molecule has 2 saturated heterocycles. The number of rotatable bonds is 8. The van der Waals surface area contributed by atoms with Gasteiger partial charge in [0, 0.05) is 18.8 Å². The molecule has 0 aliphatic carbocycles. The van der Waals surface area contributed by atoms with Crippen molar-refractivity contribution in [3.8, 4) is 0 Å². The van der Waals surface area contributed by atoms with Gasteiger partial charge in [0.25, 0.3) is 0 Å². The number of thiol groups is 1. The number of carbonyl (C=O) groups is 5. The van der Waals surface area contributed by atoms with Gasteiger partial charge in [0.2, 0.25) is 17.7 Å². The van der Waals surface area contributed by atoms with Crippen molar-refractivity contribution in [2.75, 3.05) is 18.8 Å². The molecule has 0 aromatic carbocycles. The maximum Gasteiger partial charge on any atom is 0.326 e. The van der Waals surface area contributed by atoms with Crippen molar-refractivity contribution >= 4 is 42.3 Å². The molecule has 2 heterocycles. The molecular formula is C17H26N4O7S. The molecule has 0 aromatic rings. The van der Waals surface area contributed by atoms with Crippen LogP contribution in [0.4, 0.5) is 0 Å². The second-order valence-electron chi connectivity index (χ2n) is 7.17. The van der Waals surface area contributed by atoms with Gasteiger partial charge in [0.15, 0.2) is 0 Å². The summed E-state index contributed by atoms with van der Waals surface area (Å²) in [5, 5.41) is 20.8. The second kappa shape index (κ2) is 9.92. The fourth-order valence-corrected chi connectivity index (χ4v) is 3.87. The lowest BCUT2D eigenvalue weighted by atomic mass is 10.1. The summed E-state index contributed by atoms with van der Waals surface area (Å²) in [6.45, 7) is 0.506. The zero-order valence-corrected chi connectivity index (χ0v) is 16.7. The summed E-state index contributed by atoms with van der Waals surface area (Å²) in [5.74, 6) is -4.26. The molecule has 2 rings (SSSR count). The van der Waals surface area contributed by atoms with Gasteiger partial charge in [-0.1, -0.05) is 0 Å². The molecule has 11 nitrogen and oxygen atoms in total. The quantitative estimate of drug-likeness (QED) is 0.283. The van der Waals surface area contributed by atoms with Crippen molar-refractivity contribution in [1.82, 2.24) is 15.1 Å². The van der Waals surface area contributed by atoms with E-state index in [4.69, 9.17) is 10.8 Å². The number of nitrogens with one attached hydrogen (secondary N) is 1. The second-order valence-corrected chi connectivity index (χ2v) is 7.53. The molecule has 162 valence electrons. The third kappa shape index (κ3) is 5.38. The maximum atomic E-state index is 13.0. The first-order valence-electron chi connectivity index (χ1n) is 9.39. The Hall–Kier alpha value is -2.34. The van der Waals surface area contributed by atoms with Crippen molar-refractivity contribution in [3.63, 3.8) is 0 Å². The number of hydrogen-bond acceptors (Lipinski definition) is 7. The minimum Gasteiger partial charge on any atom is -0.481 e. The predicted molar refractivity (Wildman–Crippen MR) is 103 cm³/mol. The normalized spacial score (nSPS) is 23.5. The van der Waals surface area contributed by atoms with Gasteiger partial charge in [0.05, 0.1) is 12.5 Å². The summed E-state index contributed by atoms with van der Waals surface area (Å²) in [4.78, 5) is 63.0. The highest BCUT2D eigenvalue weighted by molar-refractivity contribution is 7.80. The maximum absolute atomic E-state index is 13.0. The Kier molecular flexibility index (Phi) is 7.85. The number of nitrogens with two attached hydrogens (primary N) is 1. The van der Waals surface area contributed by atoms with Gasteiger partial charge in [-0.25, -0.2) is 4.79 Å². The van der Waals surface area contributed by atoms with Crippen molar-refractivity contribution in [1.29, 1.82) is 0 Å². The molecule has 2 fully saturated rings. The monoisotopic (exact) mass is 430 g/mol. The first kappa shape index (κ1) is 22.9. The number of carboxylic acids is 2. The summed E-state index contributed by atoms with van der Waals surface area (Å²) < 4.78 is 0. The molecule has 2 aliphatic heterocycles. The topological polar surface area (TPSA) is 170 Å². The molecule has 0 aromatic heterocycles. The number of hydrogen-bond donors (Lipinski definition) is 5. The first-order chi connectivity index (χ1) is 13.7. The zero-order chi connectivity index (χ0) is 21.7. The van der Waals surface area contributed by atoms with Crippen LogP contribution in [-0.2, 0) is 24.0 Å². The van der Waals surface area contributed by atoms with Crippen molar-refractivity contribution < 1.29 is 34.2 Å². The molecule has 0 saturated carbocycles. The molecule has 0 radical (unpaired) electrons. The Morgan fingerprint density at radius 1 is 1.03 bits per heavy atom. The average Bonchev–Trinajstić information content (AvgIpc) is 3.34. The zero-order valence-electron chi connectivity index (χ0n) is 15.8. The number of amides is 3. The van der Waals surface area contributed by atoms with E-state index in [2.05, 4.69) is 17.9 Å². The van der Waals surface area contributed by atoms with E-state index >= 15 is 0 Å². The number of aliphatic carboxylic acids is 2. The standard InChI is InChI=1S/C17H26N4O7S/c18-9(8-29)14(24)19-10(7-13(22)23)15(25)20-5-1-3-11(20)16(26)21-6-2-4-12(21)17(27)28/h9-12,29H,1-8,18H2,(H,19,24)(H,22,23)(H,27,28). The molecule has 4 atom stereocenters. The average molecular weight is 430 g/mol. The Bertz CT molecular complexity index is 689. The summed E-state index contributed by atoms with van der Waals surface area (Å²) in [7, 11) is 0. The van der Waals surface area contributed by atoms with Gasteiger partial charge in [-0.05, 0) is 25.7 Å². The van der Waals surface area contributed by atoms with E-state index in [0.29, 0.717) is 32.2 Å². The van der Waals surface area contributed by atoms with Crippen LogP contribution < -0.4 is 11.1 Å². The van der Waals surface area contributed by atoms with Crippen LogP contribution in [0.25, 0.3) is 0 Å². The minimum atomic E-state index is -1.38. The molecule has 4 unspecified atom stereocenters. The Balaban J connectivity index is 2.16. The Morgan fingerprint density at radius 2 is 1.62 bits per heavy atom. The van der Waals surface area contributed by atoms with E-state index in [1.54, 1.807) is 0 Å².